The van der Waals surface area contributed by atoms with E-state index in [1.54, 1.807) is 0 Å². The number of likely N-dealkylation sites (tertiary alicyclic amines) is 1. The van der Waals surface area contributed by atoms with Gasteiger partial charge >= 0.3 is 0 Å². The molecular formula is C27H31N3O. The summed E-state index contributed by atoms with van der Waals surface area (Å²) < 4.78 is 0. The van der Waals surface area contributed by atoms with Crippen LogP contribution in [-0.2, 0) is 4.79 Å². The highest BCUT2D eigenvalue weighted by Gasteiger charge is 2.22. The van der Waals surface area contributed by atoms with Gasteiger partial charge in [0.1, 0.15) is 0 Å². The maximum atomic E-state index is 12.4. The van der Waals surface area contributed by atoms with Crippen LogP contribution in [0.5, 0.6) is 0 Å². The topological polar surface area (TPSA) is 35.6 Å². The zero-order valence-corrected chi connectivity index (χ0v) is 18.0. The first-order valence-corrected chi connectivity index (χ1v) is 11.2. The van der Waals surface area contributed by atoms with E-state index in [0.717, 1.165) is 44.7 Å². The van der Waals surface area contributed by atoms with E-state index >= 15 is 0 Å². The maximum Gasteiger partial charge on any atom is 0.224 e. The molecule has 1 amide bonds. The van der Waals surface area contributed by atoms with Crippen molar-refractivity contribution >= 4 is 23.0 Å². The van der Waals surface area contributed by atoms with Crippen LogP contribution < -0.4 is 10.2 Å². The Hall–Kier alpha value is -3.11. The molecule has 1 fully saturated rings. The van der Waals surface area contributed by atoms with Crippen LogP contribution in [0.25, 0.3) is 0 Å². The summed E-state index contributed by atoms with van der Waals surface area (Å²) in [7, 11) is 0. The van der Waals surface area contributed by atoms with E-state index in [0.29, 0.717) is 12.3 Å². The fourth-order valence-corrected chi connectivity index (χ4v) is 4.27. The molecule has 0 aromatic heterocycles. The Morgan fingerprint density at radius 1 is 0.806 bits per heavy atom. The molecule has 3 aromatic carbocycles. The van der Waals surface area contributed by atoms with Crippen molar-refractivity contribution in [2.24, 2.45) is 5.92 Å². The van der Waals surface area contributed by atoms with E-state index in [1.165, 1.54) is 11.4 Å². The van der Waals surface area contributed by atoms with Crippen molar-refractivity contribution in [3.05, 3.63) is 91.0 Å². The number of carbonyl (C=O) groups excluding carboxylic acids is 1. The van der Waals surface area contributed by atoms with Crippen LogP contribution in [0.3, 0.4) is 0 Å². The number of rotatable bonds is 8. The summed E-state index contributed by atoms with van der Waals surface area (Å²) in [5, 5.41) is 3.02. The minimum absolute atomic E-state index is 0.129. The summed E-state index contributed by atoms with van der Waals surface area (Å²) in [6.45, 7) is 4.08. The molecule has 1 aliphatic rings. The fourth-order valence-electron chi connectivity index (χ4n) is 4.27. The summed E-state index contributed by atoms with van der Waals surface area (Å²) in [6, 6.07) is 30.9. The van der Waals surface area contributed by atoms with E-state index in [-0.39, 0.29) is 5.91 Å². The molecule has 1 N–H and O–H groups in total. The lowest BCUT2D eigenvalue weighted by Gasteiger charge is -2.34. The lowest BCUT2D eigenvalue weighted by Crippen LogP contribution is -2.39. The first kappa shape index (κ1) is 21.1. The van der Waals surface area contributed by atoms with Gasteiger partial charge in [-0.25, -0.2) is 0 Å². The summed E-state index contributed by atoms with van der Waals surface area (Å²) in [5.41, 5.74) is 3.33. The average molecular weight is 414 g/mol. The molecule has 31 heavy (non-hydrogen) atoms. The third kappa shape index (κ3) is 6.19. The first-order chi connectivity index (χ1) is 15.3. The second kappa shape index (κ2) is 10.8. The first-order valence-electron chi connectivity index (χ1n) is 11.2. The van der Waals surface area contributed by atoms with Crippen LogP contribution in [0.2, 0.25) is 0 Å². The molecule has 0 radical (unpaired) electrons. The highest BCUT2D eigenvalue weighted by atomic mass is 16.1. The van der Waals surface area contributed by atoms with Crippen LogP contribution in [-0.4, -0.2) is 37.0 Å². The smallest absolute Gasteiger partial charge is 0.224 e. The Labute approximate surface area is 185 Å². The van der Waals surface area contributed by atoms with Crippen LogP contribution in [0.15, 0.2) is 91.0 Å². The van der Waals surface area contributed by atoms with E-state index in [1.807, 2.05) is 30.3 Å². The van der Waals surface area contributed by atoms with Gasteiger partial charge in [0, 0.05) is 36.6 Å². The number of para-hydroxylation sites is 3. The molecule has 3 aromatic rings. The fraction of sp³-hybridized carbons (Fsp3) is 0.296. The van der Waals surface area contributed by atoms with Crippen molar-refractivity contribution in [2.45, 2.75) is 19.3 Å². The minimum Gasteiger partial charge on any atom is -0.340 e. The Bertz CT molecular complexity index is 883. The van der Waals surface area contributed by atoms with Gasteiger partial charge in [-0.3, -0.25) is 4.79 Å². The normalized spacial score (nSPS) is 14.8. The highest BCUT2D eigenvalue weighted by molar-refractivity contribution is 5.90. The van der Waals surface area contributed by atoms with Crippen molar-refractivity contribution in [1.82, 2.24) is 4.90 Å². The van der Waals surface area contributed by atoms with Crippen molar-refractivity contribution in [3.63, 3.8) is 0 Å². The van der Waals surface area contributed by atoms with Crippen LogP contribution >= 0.6 is 0 Å². The average Bonchev–Trinajstić information content (AvgIpc) is 2.82. The summed E-state index contributed by atoms with van der Waals surface area (Å²) in [5.74, 6) is 0.600. The Morgan fingerprint density at radius 3 is 1.87 bits per heavy atom. The second-order valence-corrected chi connectivity index (χ2v) is 8.23. The Kier molecular flexibility index (Phi) is 7.35. The lowest BCUT2D eigenvalue weighted by atomic mass is 9.93. The third-order valence-corrected chi connectivity index (χ3v) is 6.01. The van der Waals surface area contributed by atoms with E-state index in [2.05, 4.69) is 75.8 Å². The highest BCUT2D eigenvalue weighted by Crippen LogP contribution is 2.26. The molecule has 0 spiro atoms. The zero-order valence-electron chi connectivity index (χ0n) is 18.0. The van der Waals surface area contributed by atoms with Crippen LogP contribution in [0.4, 0.5) is 17.1 Å². The second-order valence-electron chi connectivity index (χ2n) is 8.23. The molecule has 1 aliphatic heterocycles. The van der Waals surface area contributed by atoms with Crippen molar-refractivity contribution in [1.29, 1.82) is 0 Å². The molecule has 0 unspecified atom stereocenters. The van der Waals surface area contributed by atoms with E-state index < -0.39 is 0 Å². The minimum atomic E-state index is 0.129. The molecule has 0 atom stereocenters. The van der Waals surface area contributed by atoms with Gasteiger partial charge in [0.05, 0.1) is 0 Å². The molecule has 4 nitrogen and oxygen atoms in total. The van der Waals surface area contributed by atoms with Gasteiger partial charge in [0.2, 0.25) is 5.91 Å². The molecule has 4 rings (SSSR count). The molecule has 160 valence electrons. The SMILES string of the molecule is O=C(CC1CCN(CCN(c2ccccc2)c2ccccc2)CC1)Nc1ccccc1. The number of piperidine rings is 1. The van der Waals surface area contributed by atoms with Gasteiger partial charge < -0.3 is 15.1 Å². The molecule has 4 heteroatoms. The Balaban J connectivity index is 1.26. The number of nitrogens with zero attached hydrogens (tertiary/aromatic N) is 2. The van der Waals surface area contributed by atoms with Gasteiger partial charge in [0.25, 0.3) is 0 Å². The van der Waals surface area contributed by atoms with Gasteiger partial charge in [-0.15, -0.1) is 0 Å². The van der Waals surface area contributed by atoms with Gasteiger partial charge in [-0.2, -0.15) is 0 Å². The summed E-state index contributed by atoms with van der Waals surface area (Å²) >= 11 is 0. The zero-order chi connectivity index (χ0) is 21.3. The number of benzene rings is 3. The van der Waals surface area contributed by atoms with Crippen molar-refractivity contribution in [3.8, 4) is 0 Å². The van der Waals surface area contributed by atoms with Gasteiger partial charge in [-0.1, -0.05) is 54.6 Å². The van der Waals surface area contributed by atoms with Crippen LogP contribution in [0, 0.1) is 5.92 Å². The maximum absolute atomic E-state index is 12.4. The molecular weight excluding hydrogens is 382 g/mol. The summed E-state index contributed by atoms with van der Waals surface area (Å²) in [4.78, 5) is 17.3. The molecule has 1 heterocycles. The van der Waals surface area contributed by atoms with Crippen LogP contribution in [0.1, 0.15) is 19.3 Å². The molecule has 1 saturated heterocycles. The predicted molar refractivity (Wildman–Crippen MR) is 129 cm³/mol. The van der Waals surface area contributed by atoms with E-state index in [4.69, 9.17) is 0 Å². The number of hydrogen-bond donors (Lipinski definition) is 1. The number of nitrogens with one attached hydrogen (secondary N) is 1. The number of anilines is 3. The molecule has 0 aliphatic carbocycles. The lowest BCUT2D eigenvalue weighted by molar-refractivity contribution is -0.117. The van der Waals surface area contributed by atoms with E-state index in [9.17, 15) is 4.79 Å². The quantitative estimate of drug-likeness (QED) is 0.525. The van der Waals surface area contributed by atoms with Crippen molar-refractivity contribution in [2.75, 3.05) is 36.4 Å². The Morgan fingerprint density at radius 2 is 1.32 bits per heavy atom. The van der Waals surface area contributed by atoms with Gasteiger partial charge in [-0.05, 0) is 68.2 Å². The molecule has 0 bridgehead atoms. The summed E-state index contributed by atoms with van der Waals surface area (Å²) in [6.07, 6.45) is 2.78. The number of amides is 1. The predicted octanol–water partition coefficient (Wildman–Crippen LogP) is 5.57. The number of hydrogen-bond acceptors (Lipinski definition) is 3. The molecule has 0 saturated carbocycles. The van der Waals surface area contributed by atoms with Crippen molar-refractivity contribution < 1.29 is 4.79 Å². The number of carbonyl (C=O) groups is 1. The third-order valence-electron chi connectivity index (χ3n) is 6.01. The standard InChI is InChI=1S/C27H31N3O/c31-27(28-24-10-4-1-5-11-24)22-23-16-18-29(19-17-23)20-21-30(25-12-6-2-7-13-25)26-14-8-3-9-15-26/h1-15,23H,16-22H2,(H,28,31). The largest absolute Gasteiger partial charge is 0.340 e. The monoisotopic (exact) mass is 413 g/mol. The van der Waals surface area contributed by atoms with Gasteiger partial charge in [0.15, 0.2) is 0 Å².